The van der Waals surface area contributed by atoms with Crippen LogP contribution >= 0.6 is 11.3 Å². The molecule has 0 unspecified atom stereocenters. The highest BCUT2D eigenvalue weighted by Gasteiger charge is 2.55. The normalized spacial score (nSPS) is 23.4. The van der Waals surface area contributed by atoms with E-state index < -0.39 is 18.3 Å². The Morgan fingerprint density at radius 2 is 1.70 bits per heavy atom. The van der Waals surface area contributed by atoms with E-state index in [1.54, 1.807) is 11.3 Å². The number of rotatable bonds is 4. The van der Waals surface area contributed by atoms with Gasteiger partial charge in [0.25, 0.3) is 5.91 Å². The van der Waals surface area contributed by atoms with Crippen LogP contribution in [0.2, 0.25) is 10.4 Å². The van der Waals surface area contributed by atoms with Crippen molar-refractivity contribution in [1.29, 1.82) is 0 Å². The predicted molar refractivity (Wildman–Crippen MR) is 179 cm³/mol. The molecule has 6 nitrogen and oxygen atoms in total. The molecule has 2 aromatic rings. The van der Waals surface area contributed by atoms with Crippen molar-refractivity contribution in [1.82, 2.24) is 0 Å². The first-order chi connectivity index (χ1) is 18.3. The number of hydrogen-bond donors (Lipinski definition) is 0. The Balaban J connectivity index is 1.58. The summed E-state index contributed by atoms with van der Waals surface area (Å²) in [5.74, 6) is -0.359. The third-order valence-corrected chi connectivity index (χ3v) is 12.2. The number of carbonyl (C=O) groups is 2. The first kappa shape index (κ1) is 29.7. The van der Waals surface area contributed by atoms with E-state index in [1.165, 1.54) is 22.9 Å². The number of esters is 1. The molecule has 3 aliphatic rings. The van der Waals surface area contributed by atoms with Gasteiger partial charge in [-0.2, -0.15) is 0 Å². The molecular weight excluding hydrogens is 514 g/mol. The zero-order valence-electron chi connectivity index (χ0n) is 26.0. The molecule has 1 aromatic heterocycles. The number of fused-ring (bicyclic) bond motifs is 3. The van der Waals surface area contributed by atoms with Gasteiger partial charge in [0.1, 0.15) is 22.3 Å². The van der Waals surface area contributed by atoms with Crippen molar-refractivity contribution in [3.05, 3.63) is 44.6 Å². The number of anilines is 1. The maximum Gasteiger partial charge on any atom is 0.495 e. The average molecular weight is 552 g/mol. The molecule has 1 fully saturated rings. The second-order valence-electron chi connectivity index (χ2n) is 14.4. The Labute approximate surface area is 248 Å². The largest absolute Gasteiger partial charge is 0.495 e. The lowest BCUT2D eigenvalue weighted by Gasteiger charge is -2.58. The monoisotopic (exact) mass is 553 g/mol. The molecule has 40 heavy (non-hydrogen) atoms. The van der Waals surface area contributed by atoms with Gasteiger partial charge < -0.3 is 18.9 Å². The van der Waals surface area contributed by atoms with Gasteiger partial charge in [-0.1, -0.05) is 27.8 Å². The van der Waals surface area contributed by atoms with Gasteiger partial charge in [0, 0.05) is 23.9 Å². The maximum atomic E-state index is 14.3. The molecule has 1 aliphatic carbocycles. The van der Waals surface area contributed by atoms with E-state index in [-0.39, 0.29) is 34.1 Å². The highest BCUT2D eigenvalue weighted by molar-refractivity contribution is 7.14. The number of benzene rings is 1. The van der Waals surface area contributed by atoms with Gasteiger partial charge in [0.2, 0.25) is 0 Å². The molecule has 0 bridgehead atoms. The predicted octanol–water partition coefficient (Wildman–Crippen LogP) is -1.95. The summed E-state index contributed by atoms with van der Waals surface area (Å²) in [5.41, 5.74) is 3.84. The minimum atomic E-state index is -0.634. The van der Waals surface area contributed by atoms with E-state index in [1.807, 2.05) is 50.8 Å². The van der Waals surface area contributed by atoms with Gasteiger partial charge in [0.05, 0.1) is 53.2 Å². The highest BCUT2D eigenvalue weighted by Crippen LogP contribution is 2.61. The molecule has 2 aliphatic heterocycles. The molecule has 14 heteroatoms. The molecule has 0 radical (unpaired) electrons. The van der Waals surface area contributed by atoms with Gasteiger partial charge in [-0.25, -0.2) is 0 Å². The third kappa shape index (κ3) is 4.30. The smallest absolute Gasteiger partial charge is 0.461 e. The van der Waals surface area contributed by atoms with Crippen LogP contribution in [0.25, 0.3) is 0 Å². The Morgan fingerprint density at radius 1 is 1.07 bits per heavy atom. The van der Waals surface area contributed by atoms with Crippen molar-refractivity contribution in [3.8, 4) is 0 Å². The van der Waals surface area contributed by atoms with Crippen LogP contribution in [-0.2, 0) is 43.5 Å². The summed E-state index contributed by atoms with van der Waals surface area (Å²) in [7, 11) is 13.5. The Bertz CT molecular complexity index is 1390. The average Bonchev–Trinajstić information content (AvgIpc) is 3.30. The lowest BCUT2D eigenvalue weighted by atomic mass is 9.15. The summed E-state index contributed by atoms with van der Waals surface area (Å²) in [6.07, 6.45) is 1.76. The van der Waals surface area contributed by atoms with Crippen LogP contribution in [0.1, 0.15) is 65.9 Å². The van der Waals surface area contributed by atoms with E-state index in [9.17, 15) is 9.59 Å². The zero-order valence-corrected chi connectivity index (χ0v) is 26.9. The van der Waals surface area contributed by atoms with Crippen LogP contribution in [0.4, 0.5) is 5.69 Å². The first-order valence-electron chi connectivity index (χ1n) is 14.4. The van der Waals surface area contributed by atoms with Crippen LogP contribution in [0, 0.1) is 0 Å². The second-order valence-corrected chi connectivity index (χ2v) is 15.5. The maximum absolute atomic E-state index is 14.3. The fourth-order valence-electron chi connectivity index (χ4n) is 6.60. The van der Waals surface area contributed by atoms with E-state index in [0.717, 1.165) is 34.4 Å². The lowest BCUT2D eigenvalue weighted by Crippen LogP contribution is -2.54. The standard InChI is InChI=1S/C26H38B7NO5S/c1-13(35)37-12-15-16(33-38-22(2,3)23(4,5)39-33)7-6-8-17(15)34-10-9-14-19-18(40-20(14)21(34)36)11-24(27,28)26(31,32)25(19,29)30/h6-8H,9-12,27-32H2,1-5H3. The van der Waals surface area contributed by atoms with Gasteiger partial charge in [-0.15, -0.1) is 11.3 Å². The Hall–Kier alpha value is -1.77. The van der Waals surface area contributed by atoms with Crippen molar-refractivity contribution in [2.24, 2.45) is 0 Å². The molecule has 0 atom stereocenters. The van der Waals surface area contributed by atoms with Crippen LogP contribution in [0.15, 0.2) is 18.2 Å². The summed E-state index contributed by atoms with van der Waals surface area (Å²) < 4.78 is 18.3. The van der Waals surface area contributed by atoms with Crippen molar-refractivity contribution in [3.63, 3.8) is 0 Å². The summed E-state index contributed by atoms with van der Waals surface area (Å²) in [6.45, 7) is 10.1. The molecule has 0 N–H and O–H groups in total. The number of carbonyl (C=O) groups excluding carboxylic acids is 2. The van der Waals surface area contributed by atoms with Crippen molar-refractivity contribution < 1.29 is 23.6 Å². The summed E-state index contributed by atoms with van der Waals surface area (Å²) in [6, 6.07) is 5.82. The van der Waals surface area contributed by atoms with Crippen molar-refractivity contribution in [2.75, 3.05) is 11.4 Å². The van der Waals surface area contributed by atoms with Gasteiger partial charge in [0.15, 0.2) is 0 Å². The van der Waals surface area contributed by atoms with Gasteiger partial charge in [-0.3, -0.25) is 9.59 Å². The van der Waals surface area contributed by atoms with Gasteiger partial charge in [-0.05, 0) is 63.2 Å². The molecule has 0 spiro atoms. The third-order valence-electron chi connectivity index (χ3n) is 11.0. The molecule has 1 saturated heterocycles. The van der Waals surface area contributed by atoms with Crippen molar-refractivity contribution >= 4 is 88.6 Å². The topological polar surface area (TPSA) is 65.1 Å². The minimum absolute atomic E-state index is 0.0159. The molecular formula is C26H38B7NO5S. The minimum Gasteiger partial charge on any atom is -0.461 e. The Morgan fingerprint density at radius 3 is 2.30 bits per heavy atom. The van der Waals surface area contributed by atoms with E-state index >= 15 is 0 Å². The molecule has 204 valence electrons. The van der Waals surface area contributed by atoms with E-state index in [4.69, 9.17) is 14.0 Å². The molecule has 5 rings (SSSR count). The van der Waals surface area contributed by atoms with Crippen LogP contribution in [0.3, 0.4) is 0 Å². The fraction of sp³-hybridized carbons (Fsp3) is 0.538. The number of ether oxygens (including phenoxy) is 1. The number of thiophene rings is 1. The summed E-state index contributed by atoms with van der Waals surface area (Å²) in [4.78, 5) is 30.2. The molecule has 1 aromatic carbocycles. The quantitative estimate of drug-likeness (QED) is 0.326. The van der Waals surface area contributed by atoms with Crippen LogP contribution in [-0.4, -0.2) is 83.8 Å². The highest BCUT2D eigenvalue weighted by atomic mass is 32.1. The van der Waals surface area contributed by atoms with Gasteiger partial charge >= 0.3 is 13.1 Å². The lowest BCUT2D eigenvalue weighted by molar-refractivity contribution is -0.142. The van der Waals surface area contributed by atoms with Crippen molar-refractivity contribution in [2.45, 2.75) is 80.9 Å². The van der Waals surface area contributed by atoms with Crippen LogP contribution in [0.5, 0.6) is 0 Å². The molecule has 1 amide bonds. The molecule has 3 heterocycles. The number of nitrogens with zero attached hydrogens (tertiary/aromatic N) is 1. The van der Waals surface area contributed by atoms with E-state index in [0.29, 0.717) is 6.54 Å². The fourth-order valence-corrected chi connectivity index (χ4v) is 8.29. The van der Waals surface area contributed by atoms with E-state index in [2.05, 4.69) is 47.1 Å². The first-order valence-corrected chi connectivity index (χ1v) is 15.2. The molecule has 0 saturated carbocycles. The summed E-state index contributed by atoms with van der Waals surface area (Å²) >= 11 is 1.68. The van der Waals surface area contributed by atoms with Crippen LogP contribution < -0.4 is 10.4 Å². The SMILES string of the molecule is BC1(B)Cc2sc3c(c2C(B)(B)C1(B)B)CCN(c1cccc(B2OC(C)(C)C(C)(C)O2)c1COC(C)=O)C3=O. The Kier molecular flexibility index (Phi) is 6.96. The summed E-state index contributed by atoms with van der Waals surface area (Å²) in [5, 5.41) is 0.109. The number of hydrogen-bond acceptors (Lipinski definition) is 6. The zero-order chi connectivity index (χ0) is 29.6. The second kappa shape index (κ2) is 9.37. The number of amides is 1.